The summed E-state index contributed by atoms with van der Waals surface area (Å²) in [6.45, 7) is 8.19. The first-order chi connectivity index (χ1) is 9.41. The Morgan fingerprint density at radius 3 is 2.40 bits per heavy atom. The molecule has 0 aliphatic rings. The maximum atomic E-state index is 11.4. The van der Waals surface area contributed by atoms with Crippen LogP contribution in [0.5, 0.6) is 0 Å². The highest BCUT2D eigenvalue weighted by atomic mass is 16.4. The molecule has 1 aromatic heterocycles. The first kappa shape index (κ1) is 14.3. The van der Waals surface area contributed by atoms with Gasteiger partial charge in [-0.3, -0.25) is 0 Å². The molecule has 20 heavy (non-hydrogen) atoms. The van der Waals surface area contributed by atoms with Crippen LogP contribution in [0.4, 0.5) is 0 Å². The molecule has 0 saturated heterocycles. The van der Waals surface area contributed by atoms with Crippen LogP contribution in [0.3, 0.4) is 0 Å². The molecule has 0 unspecified atom stereocenters. The molecule has 4 heteroatoms. The average molecular weight is 272 g/mol. The lowest BCUT2D eigenvalue weighted by Crippen LogP contribution is -2.11. The van der Waals surface area contributed by atoms with Gasteiger partial charge in [0.05, 0.1) is 17.6 Å². The molecule has 0 atom stereocenters. The van der Waals surface area contributed by atoms with Crippen LogP contribution in [0.1, 0.15) is 41.0 Å². The minimum Gasteiger partial charge on any atom is -0.478 e. The van der Waals surface area contributed by atoms with Gasteiger partial charge in [-0.15, -0.1) is 0 Å². The molecule has 4 nitrogen and oxygen atoms in total. The Bertz CT molecular complexity index is 622. The Morgan fingerprint density at radius 2 is 1.90 bits per heavy atom. The van der Waals surface area contributed by atoms with Crippen molar-refractivity contribution in [3.63, 3.8) is 0 Å². The second-order valence-corrected chi connectivity index (χ2v) is 5.56. The molecular formula is C16H20N2O2. The number of carboxylic acid groups (broad SMARTS) is 1. The number of benzene rings is 1. The number of carboxylic acids is 1. The zero-order valence-corrected chi connectivity index (χ0v) is 12.3. The van der Waals surface area contributed by atoms with Crippen LogP contribution in [-0.2, 0) is 6.42 Å². The standard InChI is InChI=1S/C16H20N2O2/c1-10(2)8-14-13(16(19)20)9-17-18(14)15-11(3)6-5-7-12(15)4/h5-7,9-10H,8H2,1-4H3,(H,19,20). The van der Waals surface area contributed by atoms with Crippen LogP contribution in [0, 0.1) is 19.8 Å². The summed E-state index contributed by atoms with van der Waals surface area (Å²) in [4.78, 5) is 11.4. The predicted octanol–water partition coefficient (Wildman–Crippen LogP) is 3.39. The van der Waals surface area contributed by atoms with E-state index in [0.717, 1.165) is 22.5 Å². The number of nitrogens with zero attached hydrogens (tertiary/aromatic N) is 2. The maximum Gasteiger partial charge on any atom is 0.339 e. The fourth-order valence-electron chi connectivity index (χ4n) is 2.47. The van der Waals surface area contributed by atoms with Crippen LogP contribution in [0.15, 0.2) is 24.4 Å². The van der Waals surface area contributed by atoms with Crippen LogP contribution < -0.4 is 0 Å². The van der Waals surface area contributed by atoms with Gasteiger partial charge >= 0.3 is 5.97 Å². The molecule has 1 heterocycles. The summed E-state index contributed by atoms with van der Waals surface area (Å²) in [6, 6.07) is 6.03. The third-order valence-corrected chi connectivity index (χ3v) is 3.35. The van der Waals surface area contributed by atoms with E-state index in [9.17, 15) is 9.90 Å². The second kappa shape index (κ2) is 5.49. The lowest BCUT2D eigenvalue weighted by Gasteiger charge is -2.15. The van der Waals surface area contributed by atoms with Crippen molar-refractivity contribution in [1.82, 2.24) is 9.78 Å². The molecule has 0 bridgehead atoms. The molecular weight excluding hydrogens is 252 g/mol. The summed E-state index contributed by atoms with van der Waals surface area (Å²) in [7, 11) is 0. The third-order valence-electron chi connectivity index (χ3n) is 3.35. The summed E-state index contributed by atoms with van der Waals surface area (Å²) in [5.41, 5.74) is 4.23. The topological polar surface area (TPSA) is 55.1 Å². The largest absolute Gasteiger partial charge is 0.478 e. The van der Waals surface area contributed by atoms with Crippen molar-refractivity contribution in [1.29, 1.82) is 0 Å². The van der Waals surface area contributed by atoms with E-state index in [1.165, 1.54) is 6.20 Å². The number of aromatic nitrogens is 2. The van der Waals surface area contributed by atoms with Gasteiger partial charge in [-0.25, -0.2) is 9.48 Å². The fourth-order valence-corrected chi connectivity index (χ4v) is 2.47. The lowest BCUT2D eigenvalue weighted by molar-refractivity contribution is 0.0695. The van der Waals surface area contributed by atoms with Crippen LogP contribution in [0.25, 0.3) is 5.69 Å². The van der Waals surface area contributed by atoms with Gasteiger partial charge in [-0.05, 0) is 37.3 Å². The highest BCUT2D eigenvalue weighted by molar-refractivity contribution is 5.88. The summed E-state index contributed by atoms with van der Waals surface area (Å²) >= 11 is 0. The monoisotopic (exact) mass is 272 g/mol. The average Bonchev–Trinajstić information content (AvgIpc) is 2.72. The van der Waals surface area contributed by atoms with Crippen LogP contribution in [-0.4, -0.2) is 20.9 Å². The molecule has 0 saturated carbocycles. The van der Waals surface area contributed by atoms with E-state index < -0.39 is 5.97 Å². The minimum atomic E-state index is -0.918. The number of carbonyl (C=O) groups is 1. The number of hydrogen-bond donors (Lipinski definition) is 1. The van der Waals surface area contributed by atoms with Gasteiger partial charge in [-0.1, -0.05) is 32.0 Å². The van der Waals surface area contributed by atoms with E-state index in [4.69, 9.17) is 0 Å². The molecule has 1 N–H and O–H groups in total. The first-order valence-electron chi connectivity index (χ1n) is 6.78. The predicted molar refractivity (Wildman–Crippen MR) is 78.5 cm³/mol. The van der Waals surface area contributed by atoms with Gasteiger partial charge in [-0.2, -0.15) is 5.10 Å². The lowest BCUT2D eigenvalue weighted by atomic mass is 10.0. The summed E-state index contributed by atoms with van der Waals surface area (Å²) in [5, 5.41) is 13.6. The van der Waals surface area contributed by atoms with Gasteiger partial charge in [0, 0.05) is 0 Å². The van der Waals surface area contributed by atoms with Crippen molar-refractivity contribution < 1.29 is 9.90 Å². The smallest absolute Gasteiger partial charge is 0.339 e. The molecule has 0 aliphatic heterocycles. The molecule has 2 aromatic rings. The van der Waals surface area contributed by atoms with E-state index in [2.05, 4.69) is 18.9 Å². The maximum absolute atomic E-state index is 11.4. The minimum absolute atomic E-state index is 0.293. The molecule has 0 radical (unpaired) electrons. The first-order valence-corrected chi connectivity index (χ1v) is 6.78. The molecule has 0 amide bonds. The van der Waals surface area contributed by atoms with Crippen LogP contribution >= 0.6 is 0 Å². The number of rotatable bonds is 4. The van der Waals surface area contributed by atoms with Gasteiger partial charge in [0.15, 0.2) is 0 Å². The normalized spacial score (nSPS) is 11.1. The van der Waals surface area contributed by atoms with Gasteiger partial charge in [0.1, 0.15) is 5.56 Å². The molecule has 1 aromatic carbocycles. The van der Waals surface area contributed by atoms with E-state index in [1.54, 1.807) is 4.68 Å². The molecule has 2 rings (SSSR count). The molecule has 0 aliphatic carbocycles. The van der Waals surface area contributed by atoms with E-state index in [1.807, 2.05) is 32.0 Å². The Kier molecular flexibility index (Phi) is 3.93. The van der Waals surface area contributed by atoms with Crippen molar-refractivity contribution in [2.45, 2.75) is 34.1 Å². The summed E-state index contributed by atoms with van der Waals surface area (Å²) < 4.78 is 1.79. The van der Waals surface area contributed by atoms with Crippen molar-refractivity contribution >= 4 is 5.97 Å². The highest BCUT2D eigenvalue weighted by Gasteiger charge is 2.20. The Balaban J connectivity index is 2.65. The van der Waals surface area contributed by atoms with Crippen molar-refractivity contribution in [3.05, 3.63) is 46.8 Å². The quantitative estimate of drug-likeness (QED) is 0.928. The van der Waals surface area contributed by atoms with Gasteiger partial charge < -0.3 is 5.11 Å². The summed E-state index contributed by atoms with van der Waals surface area (Å²) in [6.07, 6.45) is 2.14. The Hall–Kier alpha value is -2.10. The fraction of sp³-hybridized carbons (Fsp3) is 0.375. The number of hydrogen-bond acceptors (Lipinski definition) is 2. The number of para-hydroxylation sites is 1. The molecule has 0 fully saturated rings. The molecule has 106 valence electrons. The summed E-state index contributed by atoms with van der Waals surface area (Å²) in [5.74, 6) is -0.550. The van der Waals surface area contributed by atoms with Gasteiger partial charge in [0.25, 0.3) is 0 Å². The van der Waals surface area contributed by atoms with E-state index in [-0.39, 0.29) is 0 Å². The Morgan fingerprint density at radius 1 is 1.30 bits per heavy atom. The number of aromatic carboxylic acids is 1. The third kappa shape index (κ3) is 2.59. The van der Waals surface area contributed by atoms with Crippen molar-refractivity contribution in [2.75, 3.05) is 0 Å². The highest BCUT2D eigenvalue weighted by Crippen LogP contribution is 2.23. The number of aryl methyl sites for hydroxylation is 2. The molecule has 0 spiro atoms. The van der Waals surface area contributed by atoms with E-state index in [0.29, 0.717) is 17.9 Å². The van der Waals surface area contributed by atoms with E-state index >= 15 is 0 Å². The Labute approximate surface area is 119 Å². The van der Waals surface area contributed by atoms with Crippen LogP contribution in [0.2, 0.25) is 0 Å². The zero-order valence-electron chi connectivity index (χ0n) is 12.3. The second-order valence-electron chi connectivity index (χ2n) is 5.56. The SMILES string of the molecule is Cc1cccc(C)c1-n1ncc(C(=O)O)c1CC(C)C. The van der Waals surface area contributed by atoms with Crippen molar-refractivity contribution in [2.24, 2.45) is 5.92 Å². The van der Waals surface area contributed by atoms with Gasteiger partial charge in [0.2, 0.25) is 0 Å². The zero-order chi connectivity index (χ0) is 14.9. The van der Waals surface area contributed by atoms with Crippen molar-refractivity contribution in [3.8, 4) is 5.69 Å².